The van der Waals surface area contributed by atoms with Crippen molar-refractivity contribution in [3.8, 4) is 0 Å². The van der Waals surface area contributed by atoms with E-state index in [-0.39, 0.29) is 12.1 Å². The first-order valence-electron chi connectivity index (χ1n) is 9.70. The molecule has 2 N–H and O–H groups in total. The van der Waals surface area contributed by atoms with Gasteiger partial charge in [0.25, 0.3) is 0 Å². The number of fused-ring (bicyclic) bond motifs is 3. The molecule has 0 saturated carbocycles. The van der Waals surface area contributed by atoms with Gasteiger partial charge in [0.15, 0.2) is 0 Å². The average molecular weight is 411 g/mol. The van der Waals surface area contributed by atoms with E-state index in [1.54, 1.807) is 36.7 Å². The molecular formula is C21H26N6OS. The molecule has 4 rings (SSSR count). The second-order valence-corrected chi connectivity index (χ2v) is 8.81. The van der Waals surface area contributed by atoms with Crippen LogP contribution in [0.5, 0.6) is 0 Å². The SMILES string of the molecule is CN(C)C(=O)NC1CCc2c(sc3ncnc(Nc4ccccc4N(C)C)c23)C1. The smallest absolute Gasteiger partial charge is 0.317 e. The first-order valence-corrected chi connectivity index (χ1v) is 10.5. The summed E-state index contributed by atoms with van der Waals surface area (Å²) in [6, 6.07) is 8.32. The number of nitrogens with one attached hydrogen (secondary N) is 2. The second-order valence-electron chi connectivity index (χ2n) is 7.73. The van der Waals surface area contributed by atoms with Crippen molar-refractivity contribution < 1.29 is 4.79 Å². The molecule has 0 bridgehead atoms. The quantitative estimate of drug-likeness (QED) is 0.687. The fraction of sp³-hybridized carbons (Fsp3) is 0.381. The van der Waals surface area contributed by atoms with E-state index in [9.17, 15) is 4.79 Å². The minimum absolute atomic E-state index is 0.0398. The van der Waals surface area contributed by atoms with Crippen LogP contribution in [-0.2, 0) is 12.8 Å². The van der Waals surface area contributed by atoms with Gasteiger partial charge in [-0.25, -0.2) is 14.8 Å². The van der Waals surface area contributed by atoms with Gasteiger partial charge in [-0.15, -0.1) is 11.3 Å². The van der Waals surface area contributed by atoms with Gasteiger partial charge in [-0.05, 0) is 30.5 Å². The van der Waals surface area contributed by atoms with Gasteiger partial charge in [-0.2, -0.15) is 0 Å². The molecule has 152 valence electrons. The van der Waals surface area contributed by atoms with Crippen molar-refractivity contribution in [3.05, 3.63) is 41.0 Å². The number of hydrogen-bond donors (Lipinski definition) is 2. The van der Waals surface area contributed by atoms with Crippen LogP contribution in [0, 0.1) is 0 Å². The largest absolute Gasteiger partial charge is 0.376 e. The summed E-state index contributed by atoms with van der Waals surface area (Å²) in [5.41, 5.74) is 3.44. The lowest BCUT2D eigenvalue weighted by Crippen LogP contribution is -2.43. The van der Waals surface area contributed by atoms with Gasteiger partial charge >= 0.3 is 6.03 Å². The number of rotatable bonds is 4. The summed E-state index contributed by atoms with van der Waals surface area (Å²) in [6.07, 6.45) is 4.28. The highest BCUT2D eigenvalue weighted by Crippen LogP contribution is 2.39. The topological polar surface area (TPSA) is 73.4 Å². The maximum absolute atomic E-state index is 12.0. The van der Waals surface area contributed by atoms with Gasteiger partial charge in [0.05, 0.1) is 16.8 Å². The summed E-state index contributed by atoms with van der Waals surface area (Å²) in [5, 5.41) is 7.75. The first kappa shape index (κ1) is 19.4. The summed E-state index contributed by atoms with van der Waals surface area (Å²) in [5.74, 6) is 0.845. The Morgan fingerprint density at radius 1 is 1.17 bits per heavy atom. The third-order valence-electron chi connectivity index (χ3n) is 5.22. The van der Waals surface area contributed by atoms with Crippen molar-refractivity contribution in [2.45, 2.75) is 25.3 Å². The minimum atomic E-state index is -0.0398. The number of hydrogen-bond acceptors (Lipinski definition) is 6. The number of aromatic nitrogens is 2. The highest BCUT2D eigenvalue weighted by molar-refractivity contribution is 7.19. The number of aryl methyl sites for hydroxylation is 1. The fourth-order valence-corrected chi connectivity index (χ4v) is 5.00. The maximum Gasteiger partial charge on any atom is 0.317 e. The average Bonchev–Trinajstić information content (AvgIpc) is 3.06. The Balaban J connectivity index is 1.66. The summed E-state index contributed by atoms with van der Waals surface area (Å²) < 4.78 is 0. The van der Waals surface area contributed by atoms with Crippen LogP contribution in [0.2, 0.25) is 0 Å². The van der Waals surface area contributed by atoms with E-state index in [1.165, 1.54) is 10.4 Å². The molecule has 1 aromatic carbocycles. The van der Waals surface area contributed by atoms with E-state index in [0.29, 0.717) is 0 Å². The van der Waals surface area contributed by atoms with Crippen molar-refractivity contribution in [2.24, 2.45) is 0 Å². The van der Waals surface area contributed by atoms with Gasteiger partial charge in [-0.3, -0.25) is 0 Å². The molecular weight excluding hydrogens is 384 g/mol. The molecule has 0 saturated heterocycles. The van der Waals surface area contributed by atoms with Crippen LogP contribution in [0.4, 0.5) is 22.0 Å². The predicted molar refractivity (Wildman–Crippen MR) is 119 cm³/mol. The Labute approximate surface area is 174 Å². The number of para-hydroxylation sites is 2. The normalized spacial score (nSPS) is 15.7. The molecule has 7 nitrogen and oxygen atoms in total. The van der Waals surface area contributed by atoms with E-state index in [4.69, 9.17) is 0 Å². The highest BCUT2D eigenvalue weighted by atomic mass is 32.1. The van der Waals surface area contributed by atoms with E-state index < -0.39 is 0 Å². The van der Waals surface area contributed by atoms with Gasteiger partial charge in [0, 0.05) is 45.5 Å². The lowest BCUT2D eigenvalue weighted by atomic mass is 9.93. The van der Waals surface area contributed by atoms with Crippen molar-refractivity contribution in [1.82, 2.24) is 20.2 Å². The van der Waals surface area contributed by atoms with Crippen LogP contribution in [0.15, 0.2) is 30.6 Å². The van der Waals surface area contributed by atoms with E-state index in [2.05, 4.69) is 37.6 Å². The highest BCUT2D eigenvalue weighted by Gasteiger charge is 2.26. The fourth-order valence-electron chi connectivity index (χ4n) is 3.73. The number of nitrogens with zero attached hydrogens (tertiary/aromatic N) is 4. The molecule has 0 aliphatic heterocycles. The Hall–Kier alpha value is -2.87. The van der Waals surface area contributed by atoms with Crippen LogP contribution in [-0.4, -0.2) is 55.1 Å². The van der Waals surface area contributed by atoms with E-state index >= 15 is 0 Å². The summed E-state index contributed by atoms with van der Waals surface area (Å²) in [6.45, 7) is 0. The monoisotopic (exact) mass is 410 g/mol. The van der Waals surface area contributed by atoms with Crippen molar-refractivity contribution in [3.63, 3.8) is 0 Å². The van der Waals surface area contributed by atoms with Gasteiger partial charge < -0.3 is 20.4 Å². The lowest BCUT2D eigenvalue weighted by Gasteiger charge is -2.25. The van der Waals surface area contributed by atoms with E-state index in [1.807, 2.05) is 26.2 Å². The summed E-state index contributed by atoms with van der Waals surface area (Å²) in [4.78, 5) is 27.1. The molecule has 2 aromatic heterocycles. The number of urea groups is 1. The Morgan fingerprint density at radius 2 is 1.97 bits per heavy atom. The second kappa shape index (κ2) is 7.87. The molecule has 1 aliphatic rings. The molecule has 29 heavy (non-hydrogen) atoms. The molecule has 2 amide bonds. The molecule has 1 unspecified atom stereocenters. The molecule has 0 fully saturated rings. The third kappa shape index (κ3) is 3.85. The van der Waals surface area contributed by atoms with Crippen LogP contribution in [0.1, 0.15) is 16.9 Å². The van der Waals surface area contributed by atoms with Crippen molar-refractivity contribution >= 4 is 44.8 Å². The zero-order valence-corrected chi connectivity index (χ0v) is 18.0. The molecule has 3 aromatic rings. The lowest BCUT2D eigenvalue weighted by molar-refractivity contribution is 0.212. The number of amides is 2. The number of carbonyl (C=O) groups excluding carboxylic acids is 1. The molecule has 2 heterocycles. The minimum Gasteiger partial charge on any atom is -0.376 e. The van der Waals surface area contributed by atoms with Crippen LogP contribution in [0.25, 0.3) is 10.2 Å². The maximum atomic E-state index is 12.0. The Kier molecular flexibility index (Phi) is 5.27. The van der Waals surface area contributed by atoms with Gasteiger partial charge in [0.1, 0.15) is 17.0 Å². The third-order valence-corrected chi connectivity index (χ3v) is 6.38. The van der Waals surface area contributed by atoms with Crippen LogP contribution in [0.3, 0.4) is 0 Å². The molecule has 1 aliphatic carbocycles. The zero-order chi connectivity index (χ0) is 20.5. The molecule has 0 spiro atoms. The number of anilines is 3. The number of carbonyl (C=O) groups is 1. The van der Waals surface area contributed by atoms with Crippen molar-refractivity contribution in [2.75, 3.05) is 38.4 Å². The first-order chi connectivity index (χ1) is 13.9. The Bertz CT molecular complexity index is 1040. The van der Waals surface area contributed by atoms with Gasteiger partial charge in [0.2, 0.25) is 0 Å². The van der Waals surface area contributed by atoms with E-state index in [0.717, 1.165) is 46.7 Å². The summed E-state index contributed by atoms with van der Waals surface area (Å²) in [7, 11) is 7.60. The van der Waals surface area contributed by atoms with Crippen LogP contribution >= 0.6 is 11.3 Å². The van der Waals surface area contributed by atoms with Crippen LogP contribution < -0.4 is 15.5 Å². The standard InChI is InChI=1S/C21H26N6OS/c1-26(2)16-8-6-5-7-15(16)25-19-18-14-10-9-13(24-21(28)27(3)4)11-17(14)29-20(18)23-12-22-19/h5-8,12-13H,9-11H2,1-4H3,(H,24,28)(H,22,23,25). The molecule has 0 radical (unpaired) electrons. The predicted octanol–water partition coefficient (Wildman–Crippen LogP) is 3.63. The Morgan fingerprint density at radius 3 is 2.72 bits per heavy atom. The number of benzene rings is 1. The summed E-state index contributed by atoms with van der Waals surface area (Å²) >= 11 is 1.71. The van der Waals surface area contributed by atoms with Crippen molar-refractivity contribution in [1.29, 1.82) is 0 Å². The molecule has 8 heteroatoms. The zero-order valence-electron chi connectivity index (χ0n) is 17.2. The molecule has 1 atom stereocenters. The number of thiophene rings is 1. The van der Waals surface area contributed by atoms with Gasteiger partial charge in [-0.1, -0.05) is 12.1 Å².